The molecule has 5 rings (SSSR count). The van der Waals surface area contributed by atoms with Gasteiger partial charge in [0.2, 0.25) is 10.0 Å². The molecule has 2 aromatic rings. The number of benzene rings is 2. The molecule has 1 aliphatic carbocycles. The van der Waals surface area contributed by atoms with Gasteiger partial charge in [-0.2, -0.15) is 0 Å². The van der Waals surface area contributed by atoms with Crippen LogP contribution in [0.1, 0.15) is 86.7 Å². The first-order valence-corrected chi connectivity index (χ1v) is 17.6. The molecule has 5 atom stereocenters. The molecule has 3 aliphatic rings. The number of anilines is 1. The van der Waals surface area contributed by atoms with Gasteiger partial charge in [0.25, 0.3) is 5.91 Å². The van der Waals surface area contributed by atoms with Gasteiger partial charge in [-0.1, -0.05) is 37.1 Å². The minimum atomic E-state index is -3.92. The second-order valence-electron chi connectivity index (χ2n) is 12.9. The van der Waals surface area contributed by atoms with E-state index in [4.69, 9.17) is 16.3 Å². The number of amides is 1. The summed E-state index contributed by atoms with van der Waals surface area (Å²) in [7, 11) is -3.92. The Balaban J connectivity index is 1.56. The van der Waals surface area contributed by atoms with Crippen LogP contribution in [0.25, 0.3) is 0 Å². The van der Waals surface area contributed by atoms with E-state index in [0.29, 0.717) is 43.1 Å². The normalized spacial score (nSPS) is 29.9. The molecule has 1 fully saturated rings. The lowest BCUT2D eigenvalue weighted by molar-refractivity contribution is -0.0861. The number of sulfonamides is 1. The highest BCUT2D eigenvalue weighted by Gasteiger charge is 2.46. The Labute approximate surface area is 261 Å². The van der Waals surface area contributed by atoms with Crippen LogP contribution in [0.5, 0.6) is 5.75 Å². The Kier molecular flexibility index (Phi) is 9.79. The topological polar surface area (TPSA) is 95.9 Å². The monoisotopic (exact) mass is 628 g/mol. The van der Waals surface area contributed by atoms with Gasteiger partial charge < -0.3 is 14.7 Å². The third kappa shape index (κ3) is 7.07. The van der Waals surface area contributed by atoms with Crippen molar-refractivity contribution < 1.29 is 23.1 Å². The third-order valence-electron chi connectivity index (χ3n) is 10.1. The summed E-state index contributed by atoms with van der Waals surface area (Å²) in [5.74, 6) is 0.224. The molecule has 2 aliphatic heterocycles. The number of carbonyl (C=O) groups excluding carboxylic acids is 1. The summed E-state index contributed by atoms with van der Waals surface area (Å²) in [5.41, 5.74) is 2.41. The lowest BCUT2D eigenvalue weighted by Crippen LogP contribution is -2.51. The number of halogens is 1. The fraction of sp³-hybridized carbons (Fsp3) is 0.559. The highest BCUT2D eigenvalue weighted by molar-refractivity contribution is 7.90. The first-order chi connectivity index (χ1) is 20.5. The van der Waals surface area contributed by atoms with Crippen molar-refractivity contribution in [1.82, 2.24) is 4.72 Å². The number of carbonyl (C=O) groups is 1. The maximum absolute atomic E-state index is 13.4. The van der Waals surface area contributed by atoms with E-state index in [1.54, 1.807) is 25.1 Å². The van der Waals surface area contributed by atoms with Gasteiger partial charge in [0, 0.05) is 23.7 Å². The van der Waals surface area contributed by atoms with E-state index in [2.05, 4.69) is 16.2 Å². The molecule has 0 spiro atoms. The number of aryl methyl sites for hydroxylation is 1. The molecule has 0 aromatic heterocycles. The van der Waals surface area contributed by atoms with Crippen LogP contribution in [-0.4, -0.2) is 43.4 Å². The molecule has 7 nitrogen and oxygen atoms in total. The number of fused-ring (bicyclic) bond motifs is 3. The van der Waals surface area contributed by atoms with Crippen LogP contribution in [0, 0.1) is 17.8 Å². The van der Waals surface area contributed by atoms with Crippen molar-refractivity contribution in [3.05, 3.63) is 70.8 Å². The zero-order valence-corrected chi connectivity index (χ0v) is 26.9. The van der Waals surface area contributed by atoms with E-state index in [9.17, 15) is 18.3 Å². The summed E-state index contributed by atoms with van der Waals surface area (Å²) in [5, 5.41) is 11.9. The number of nitrogens with zero attached hydrogens (tertiary/aromatic N) is 1. The predicted molar refractivity (Wildman–Crippen MR) is 172 cm³/mol. The average molecular weight is 629 g/mol. The largest absolute Gasteiger partial charge is 0.487 e. The average Bonchev–Trinajstić information content (AvgIpc) is 2.97. The number of hydrogen-bond acceptors (Lipinski definition) is 6. The van der Waals surface area contributed by atoms with Crippen molar-refractivity contribution >= 4 is 33.2 Å². The summed E-state index contributed by atoms with van der Waals surface area (Å²) in [6.45, 7) is 9.31. The van der Waals surface area contributed by atoms with Gasteiger partial charge in [0.05, 0.1) is 16.5 Å². The molecule has 9 heteroatoms. The van der Waals surface area contributed by atoms with E-state index in [0.717, 1.165) is 56.4 Å². The van der Waals surface area contributed by atoms with E-state index in [-0.39, 0.29) is 23.3 Å². The van der Waals surface area contributed by atoms with Crippen molar-refractivity contribution in [2.24, 2.45) is 17.8 Å². The van der Waals surface area contributed by atoms with Gasteiger partial charge >= 0.3 is 0 Å². The van der Waals surface area contributed by atoms with Crippen LogP contribution in [0.3, 0.4) is 0 Å². The first kappa shape index (κ1) is 31.9. The summed E-state index contributed by atoms with van der Waals surface area (Å²) in [4.78, 5) is 15.7. The predicted octanol–water partition coefficient (Wildman–Crippen LogP) is 6.66. The molecular formula is C34H45ClN2O5S. The van der Waals surface area contributed by atoms with Crippen LogP contribution in [0.15, 0.2) is 49.1 Å². The molecule has 0 radical (unpaired) electrons. The fourth-order valence-electron chi connectivity index (χ4n) is 7.10. The van der Waals surface area contributed by atoms with Crippen molar-refractivity contribution in [3.8, 4) is 5.75 Å². The Bertz CT molecular complexity index is 1450. The molecule has 2 aromatic carbocycles. The Morgan fingerprint density at radius 2 is 1.93 bits per heavy atom. The van der Waals surface area contributed by atoms with Gasteiger partial charge in [-0.25, -0.2) is 13.1 Å². The van der Waals surface area contributed by atoms with E-state index in [1.807, 2.05) is 31.2 Å². The smallest absolute Gasteiger partial charge is 0.264 e. The summed E-state index contributed by atoms with van der Waals surface area (Å²) in [6, 6.07) is 11.1. The van der Waals surface area contributed by atoms with E-state index >= 15 is 0 Å². The SMILES string of the molecule is C=CC[C@@]1(O)CCC[C@H](C)[C@@H](C)S(=O)(=O)NC(=O)c2ccc3c(c2)N(CCCCc2cc(Cl)ccc2CO3)C[C@@H]2CC[C@H]21. The highest BCUT2D eigenvalue weighted by atomic mass is 35.5. The lowest BCUT2D eigenvalue weighted by Gasteiger charge is -2.49. The lowest BCUT2D eigenvalue weighted by atomic mass is 9.62. The summed E-state index contributed by atoms with van der Waals surface area (Å²) < 4.78 is 35.3. The first-order valence-electron chi connectivity index (χ1n) is 15.7. The molecule has 2 bridgehead atoms. The van der Waals surface area contributed by atoms with Crippen molar-refractivity contribution in [3.63, 3.8) is 0 Å². The zero-order chi connectivity index (χ0) is 30.8. The number of hydrogen-bond donors (Lipinski definition) is 2. The Morgan fingerprint density at radius 1 is 1.12 bits per heavy atom. The van der Waals surface area contributed by atoms with Crippen LogP contribution >= 0.6 is 11.6 Å². The van der Waals surface area contributed by atoms with Crippen LogP contribution in [0.4, 0.5) is 5.69 Å². The van der Waals surface area contributed by atoms with Gasteiger partial charge in [0.1, 0.15) is 12.4 Å². The van der Waals surface area contributed by atoms with Crippen LogP contribution < -0.4 is 14.4 Å². The van der Waals surface area contributed by atoms with Crippen molar-refractivity contribution in [2.75, 3.05) is 18.0 Å². The minimum Gasteiger partial charge on any atom is -0.487 e. The second-order valence-corrected chi connectivity index (χ2v) is 15.4. The molecule has 43 heavy (non-hydrogen) atoms. The number of rotatable bonds is 2. The summed E-state index contributed by atoms with van der Waals surface area (Å²) in [6.07, 6.45) is 8.99. The van der Waals surface area contributed by atoms with Crippen molar-refractivity contribution in [1.29, 1.82) is 0 Å². The van der Waals surface area contributed by atoms with Crippen molar-refractivity contribution in [2.45, 2.75) is 89.1 Å². The van der Waals surface area contributed by atoms with Gasteiger partial charge in [-0.15, -0.1) is 6.58 Å². The van der Waals surface area contributed by atoms with Crippen LogP contribution in [-0.2, 0) is 23.1 Å². The molecular weight excluding hydrogens is 584 g/mol. The molecule has 0 saturated heterocycles. The molecule has 234 valence electrons. The fourth-order valence-corrected chi connectivity index (χ4v) is 8.60. The van der Waals surface area contributed by atoms with Gasteiger partial charge in [-0.05, 0) is 118 Å². The quantitative estimate of drug-likeness (QED) is 0.361. The highest BCUT2D eigenvalue weighted by Crippen LogP contribution is 2.47. The Hall–Kier alpha value is -2.55. The third-order valence-corrected chi connectivity index (χ3v) is 12.2. The standard InChI is InChI=1S/C34H45ClN2O5S/c1-4-16-34(39)17-7-8-23(2)24(3)43(40,41)36-33(38)26-12-15-32-31(20-26)37(21-27-11-14-30(27)34)18-6-5-9-25-19-29(35)13-10-28(25)22-42-32/h4,10,12-13,15,19-20,23-24,27,30,39H,1,5-9,11,14,16-18,21-22H2,2-3H3,(H,36,38)/t23-,24+,27-,30+,34+/m0/s1. The number of nitrogens with one attached hydrogen (secondary N) is 1. The molecule has 0 unspecified atom stereocenters. The molecule has 1 saturated carbocycles. The van der Waals surface area contributed by atoms with E-state index < -0.39 is 26.8 Å². The number of aliphatic hydroxyl groups is 1. The minimum absolute atomic E-state index is 0.121. The van der Waals surface area contributed by atoms with Gasteiger partial charge in [0.15, 0.2) is 0 Å². The number of ether oxygens (including phenoxy) is 1. The molecule has 2 N–H and O–H groups in total. The van der Waals surface area contributed by atoms with E-state index in [1.165, 1.54) is 5.56 Å². The Morgan fingerprint density at radius 3 is 2.67 bits per heavy atom. The van der Waals surface area contributed by atoms with Crippen LogP contribution in [0.2, 0.25) is 5.02 Å². The van der Waals surface area contributed by atoms with Gasteiger partial charge in [-0.3, -0.25) is 4.79 Å². The zero-order valence-electron chi connectivity index (χ0n) is 25.4. The molecule has 1 amide bonds. The second kappa shape index (κ2) is 13.2. The maximum atomic E-state index is 13.4. The summed E-state index contributed by atoms with van der Waals surface area (Å²) >= 11 is 6.32. The maximum Gasteiger partial charge on any atom is 0.264 e. The molecule has 2 heterocycles.